The van der Waals surface area contributed by atoms with Crippen LogP contribution in [0.5, 0.6) is 0 Å². The van der Waals surface area contributed by atoms with Gasteiger partial charge in [0.2, 0.25) is 17.5 Å². The molecule has 0 aliphatic heterocycles. The number of alkyl halides is 18. The Morgan fingerprint density at radius 1 is 0.476 bits per heavy atom. The predicted octanol–water partition coefficient (Wildman–Crippen LogP) is 8.19. The van der Waals surface area contributed by atoms with Gasteiger partial charge in [-0.3, -0.25) is 4.74 Å². The molecule has 12 nitrogen and oxygen atoms in total. The summed E-state index contributed by atoms with van der Waals surface area (Å²) < 4.78 is 316. The molecule has 0 aromatic carbocycles. The summed E-state index contributed by atoms with van der Waals surface area (Å²) >= 11 is 0. The van der Waals surface area contributed by atoms with Gasteiger partial charge in [0.05, 0.1) is 0 Å². The van der Waals surface area contributed by atoms with Gasteiger partial charge >= 0.3 is 77.6 Å². The second-order valence-corrected chi connectivity index (χ2v) is 10.6. The first-order valence-electron chi connectivity index (χ1n) is 14.5. The van der Waals surface area contributed by atoms with Gasteiger partial charge in [-0.25, -0.2) is 32.3 Å². The highest BCUT2D eigenvalue weighted by Gasteiger charge is 2.80. The number of hydrogen-bond acceptors (Lipinski definition) is 12. The number of ether oxygens (including phenoxy) is 6. The van der Waals surface area contributed by atoms with Crippen LogP contribution in [0, 0.1) is 0 Å². The Hall–Kier alpha value is -4.93. The van der Waals surface area contributed by atoms with Crippen molar-refractivity contribution in [2.45, 2.75) is 53.7 Å². The average molecular weight is 988 g/mol. The lowest BCUT2D eigenvalue weighted by molar-refractivity contribution is -0.553. The fourth-order valence-electron chi connectivity index (χ4n) is 2.32. The molecule has 2 unspecified atom stereocenters. The summed E-state index contributed by atoms with van der Waals surface area (Å²) in [6.45, 7) is -6.84. The van der Waals surface area contributed by atoms with Gasteiger partial charge in [-0.15, -0.1) is 9.88 Å². The van der Waals surface area contributed by atoms with E-state index in [2.05, 4.69) is 54.7 Å². The molecular weight excluding hydrogens is 965 g/mol. The lowest BCUT2D eigenvalue weighted by Gasteiger charge is -2.40. The van der Waals surface area contributed by atoms with Gasteiger partial charge < -0.3 is 23.7 Å². The molecule has 0 saturated heterocycles. The molecule has 0 fully saturated rings. The van der Waals surface area contributed by atoms with Crippen molar-refractivity contribution in [1.82, 2.24) is 0 Å². The lowest BCUT2D eigenvalue weighted by Crippen LogP contribution is -2.67. The number of carbonyl (C=O) groups excluding carboxylic acids is 4. The zero-order chi connectivity index (χ0) is 50.9. The van der Waals surface area contributed by atoms with Crippen molar-refractivity contribution >= 4 is 23.9 Å². The largest absolute Gasteiger partial charge is 0.456 e. The molecule has 0 amide bonds. The van der Waals surface area contributed by atoms with E-state index in [1.807, 2.05) is 0 Å². The van der Waals surface area contributed by atoms with Gasteiger partial charge in [-0.05, 0) is 9.05 Å². The summed E-state index contributed by atoms with van der Waals surface area (Å²) in [5.74, 6) is -46.2. The Labute approximate surface area is 333 Å². The van der Waals surface area contributed by atoms with Crippen LogP contribution in [0.1, 0.15) is 0 Å². The van der Waals surface area contributed by atoms with Crippen LogP contribution in [-0.2, 0) is 57.5 Å². The Balaban J connectivity index is -0.00000121. The molecule has 0 heterocycles. The molecule has 63 heavy (non-hydrogen) atoms. The Kier molecular flexibility index (Phi) is 24.0. The molecule has 0 aromatic rings. The van der Waals surface area contributed by atoms with Crippen LogP contribution >= 0.6 is 0 Å². The summed E-state index contributed by atoms with van der Waals surface area (Å²) in [7, 11) is 0. The molecule has 0 radical (unpaired) electrons. The number of hydrogen-bond donors (Lipinski definition) is 0. The van der Waals surface area contributed by atoms with E-state index in [4.69, 9.17) is 0 Å². The summed E-state index contributed by atoms with van der Waals surface area (Å²) in [6, 6.07) is 0. The molecule has 0 saturated carbocycles. The lowest BCUT2D eigenvalue weighted by atomic mass is 10.1. The van der Waals surface area contributed by atoms with E-state index in [0.717, 1.165) is 0 Å². The fraction of sp³-hybridized carbons (Fsp3) is 0.571. The third-order valence-corrected chi connectivity index (χ3v) is 5.47. The van der Waals surface area contributed by atoms with Crippen LogP contribution in [0.4, 0.5) is 101 Å². The van der Waals surface area contributed by atoms with Crippen LogP contribution in [0.15, 0.2) is 49.9 Å². The second kappa shape index (κ2) is 24.2. The predicted molar refractivity (Wildman–Crippen MR) is 150 cm³/mol. The van der Waals surface area contributed by atoms with Crippen LogP contribution in [0.2, 0.25) is 0 Å². The topological polar surface area (TPSA) is 142 Å². The number of carbonyl (C=O) groups is 4. The minimum absolute atomic E-state index is 0.119. The fourth-order valence-corrected chi connectivity index (χ4v) is 2.32. The summed E-state index contributed by atoms with van der Waals surface area (Å²) in [6.07, 6.45) is -20.2. The third-order valence-electron chi connectivity index (χ3n) is 5.47. The normalized spacial score (nSPS) is 14.5. The summed E-state index contributed by atoms with van der Waals surface area (Å²) in [5, 5.41) is 0. The van der Waals surface area contributed by atoms with Gasteiger partial charge in [-0.1, -0.05) is 26.3 Å². The first kappa shape index (κ1) is 62.4. The quantitative estimate of drug-likeness (QED) is 0.0377. The van der Waals surface area contributed by atoms with Crippen molar-refractivity contribution in [3.8, 4) is 0 Å². The highest BCUT2D eigenvalue weighted by Crippen LogP contribution is 2.51. The molecule has 0 aliphatic rings. The van der Waals surface area contributed by atoms with E-state index in [0.29, 0.717) is 0 Å². The second-order valence-electron chi connectivity index (χ2n) is 10.6. The van der Waals surface area contributed by atoms with Crippen LogP contribution in [0.3, 0.4) is 0 Å². The molecule has 0 rings (SSSR count). The molecular formula is C28H23F23O12. The van der Waals surface area contributed by atoms with Gasteiger partial charge in [0.15, 0.2) is 39.8 Å². The molecule has 368 valence electrons. The third kappa shape index (κ3) is 19.6. The minimum Gasteiger partial charge on any atom is -0.456 e. The van der Waals surface area contributed by atoms with Crippen molar-refractivity contribution in [3.63, 3.8) is 0 Å². The van der Waals surface area contributed by atoms with Crippen molar-refractivity contribution < 1.29 is 159 Å². The van der Waals surface area contributed by atoms with E-state index < -0.39 is 141 Å². The minimum atomic E-state index is -7.00. The number of halogens is 23. The smallest absolute Gasteiger partial charge is 0.453 e. The van der Waals surface area contributed by atoms with Gasteiger partial charge in [0, 0.05) is 6.08 Å². The van der Waals surface area contributed by atoms with Crippen LogP contribution in [-0.4, -0.2) is 124 Å². The van der Waals surface area contributed by atoms with Crippen molar-refractivity contribution in [2.75, 3.05) is 46.4 Å². The Morgan fingerprint density at radius 2 is 0.810 bits per heavy atom. The van der Waals surface area contributed by atoms with E-state index in [1.165, 1.54) is 4.94 Å². The monoisotopic (exact) mass is 988 g/mol. The molecule has 0 aromatic heterocycles. The zero-order valence-electron chi connectivity index (χ0n) is 29.9. The molecule has 0 spiro atoms. The van der Waals surface area contributed by atoms with Crippen LogP contribution < -0.4 is 0 Å². The molecule has 0 aliphatic carbocycles. The van der Waals surface area contributed by atoms with Crippen molar-refractivity contribution in [1.29, 1.82) is 0 Å². The summed E-state index contributed by atoms with van der Waals surface area (Å²) in [5.41, 5.74) is 0. The maximum Gasteiger partial charge on any atom is 0.453 e. The van der Waals surface area contributed by atoms with E-state index in [1.54, 1.807) is 4.94 Å². The van der Waals surface area contributed by atoms with Crippen LogP contribution in [0.25, 0.3) is 0 Å². The van der Waals surface area contributed by atoms with Gasteiger partial charge in [-0.2, -0.15) is 79.0 Å². The maximum absolute atomic E-state index is 14.9. The Morgan fingerprint density at radius 3 is 1.11 bits per heavy atom. The van der Waals surface area contributed by atoms with E-state index in [9.17, 15) is 120 Å². The molecule has 0 N–H and O–H groups in total. The first-order chi connectivity index (χ1) is 28.1. The maximum atomic E-state index is 14.9. The highest BCUT2D eigenvalue weighted by molar-refractivity contribution is 5.86. The SMILES string of the molecule is C=C(F)C(=O)OCC(F)(F)CF.C=C(F)C(=O)OCC(F)(F)CF.C=CC(=O)OCC(F)(F)C(F)(F)OCC(F)(OC(F)(F)C(F)(F)COC(=O)C(=C)F)C(F)(OF)C(F)(F)OF. The van der Waals surface area contributed by atoms with Gasteiger partial charge in [0.1, 0.15) is 6.61 Å². The zero-order valence-corrected chi connectivity index (χ0v) is 29.9. The number of rotatable bonds is 25. The van der Waals surface area contributed by atoms with Gasteiger partial charge in [0.25, 0.3) is 0 Å². The molecule has 35 heteroatoms. The van der Waals surface area contributed by atoms with Crippen molar-refractivity contribution in [2.24, 2.45) is 0 Å². The summed E-state index contributed by atoms with van der Waals surface area (Å²) in [4.78, 5) is 44.7. The highest BCUT2D eigenvalue weighted by atomic mass is 19.4. The van der Waals surface area contributed by atoms with Crippen molar-refractivity contribution in [3.05, 3.63) is 49.9 Å². The Bertz CT molecular complexity index is 1550. The number of esters is 4. The molecule has 2 atom stereocenters. The first-order valence-corrected chi connectivity index (χ1v) is 14.5. The molecule has 0 bridgehead atoms. The standard InChI is InChI=1S/C16H11F15O8.2C6H6F4O2/c1-3-8(32)34-4-10(18,19)14(24,25)36-6-12(22,13(23,38-30)16(28,29)39-31)37-15(26,27)11(20,21)5-35-9(33)7(2)17;2*1-4(8)5(11)12-3-6(9,10)2-7/h3H,1-2,4-6H2;2*1-3H2. The van der Waals surface area contributed by atoms with E-state index >= 15 is 0 Å². The average Bonchev–Trinajstić information content (AvgIpc) is 3.18. The van der Waals surface area contributed by atoms with E-state index in [-0.39, 0.29) is 6.08 Å².